The van der Waals surface area contributed by atoms with E-state index >= 15 is 0 Å². The molecule has 1 aromatic heterocycles. The van der Waals surface area contributed by atoms with E-state index in [1.165, 1.54) is 11.1 Å². The fourth-order valence-electron chi connectivity index (χ4n) is 2.41. The van der Waals surface area contributed by atoms with Crippen molar-refractivity contribution in [3.63, 3.8) is 0 Å². The minimum absolute atomic E-state index is 0.152. The summed E-state index contributed by atoms with van der Waals surface area (Å²) >= 11 is 1.59. The van der Waals surface area contributed by atoms with Crippen LogP contribution in [-0.2, 0) is 19.4 Å². The molecule has 1 aromatic carbocycles. The van der Waals surface area contributed by atoms with E-state index in [0.717, 1.165) is 35.8 Å². The maximum atomic E-state index is 12.3. The van der Waals surface area contributed by atoms with E-state index in [-0.39, 0.29) is 5.78 Å². The molecule has 1 aliphatic rings. The predicted molar refractivity (Wildman–Crippen MR) is 76.7 cm³/mol. The first kappa shape index (κ1) is 12.5. The number of aryl methyl sites for hydroxylation is 1. The van der Waals surface area contributed by atoms with Crippen LogP contribution in [0.1, 0.15) is 32.2 Å². The highest BCUT2D eigenvalue weighted by molar-refractivity contribution is 7.09. The quantitative estimate of drug-likeness (QED) is 0.873. The molecule has 0 saturated heterocycles. The Morgan fingerprint density at radius 1 is 1.42 bits per heavy atom. The van der Waals surface area contributed by atoms with Gasteiger partial charge in [0.1, 0.15) is 0 Å². The standard InChI is InChI=1S/C15H16N2OS/c1-10-17-14(9-19-10)7-15(18)12-3-2-11-4-5-16-8-13(11)6-12/h2-3,6,9,16H,4-5,7-8H2,1H3. The van der Waals surface area contributed by atoms with Crippen LogP contribution in [0, 0.1) is 6.92 Å². The van der Waals surface area contributed by atoms with E-state index in [0.29, 0.717) is 6.42 Å². The second kappa shape index (κ2) is 5.23. The molecule has 4 heteroatoms. The minimum atomic E-state index is 0.152. The van der Waals surface area contributed by atoms with Gasteiger partial charge in [-0.15, -0.1) is 11.3 Å². The maximum Gasteiger partial charge on any atom is 0.168 e. The predicted octanol–water partition coefficient (Wildman–Crippen LogP) is 2.52. The number of rotatable bonds is 3. The Bertz CT molecular complexity index is 618. The van der Waals surface area contributed by atoms with Gasteiger partial charge in [0.25, 0.3) is 0 Å². The molecule has 19 heavy (non-hydrogen) atoms. The van der Waals surface area contributed by atoms with Crippen LogP contribution in [0.3, 0.4) is 0 Å². The zero-order valence-electron chi connectivity index (χ0n) is 10.9. The number of hydrogen-bond acceptors (Lipinski definition) is 4. The van der Waals surface area contributed by atoms with Crippen molar-refractivity contribution >= 4 is 17.1 Å². The Morgan fingerprint density at radius 2 is 2.32 bits per heavy atom. The Kier molecular flexibility index (Phi) is 3.44. The third kappa shape index (κ3) is 2.74. The molecule has 2 heterocycles. The molecule has 0 fully saturated rings. The summed E-state index contributed by atoms with van der Waals surface area (Å²) < 4.78 is 0. The topological polar surface area (TPSA) is 42.0 Å². The second-order valence-corrected chi connectivity index (χ2v) is 5.93. The first-order valence-electron chi connectivity index (χ1n) is 6.49. The van der Waals surface area contributed by atoms with Gasteiger partial charge in [0.15, 0.2) is 5.78 Å². The van der Waals surface area contributed by atoms with Crippen molar-refractivity contribution in [2.24, 2.45) is 0 Å². The van der Waals surface area contributed by atoms with Crippen molar-refractivity contribution in [1.82, 2.24) is 10.3 Å². The van der Waals surface area contributed by atoms with Crippen molar-refractivity contribution in [3.8, 4) is 0 Å². The minimum Gasteiger partial charge on any atom is -0.312 e. The van der Waals surface area contributed by atoms with Gasteiger partial charge in [-0.3, -0.25) is 4.79 Å². The van der Waals surface area contributed by atoms with Gasteiger partial charge in [-0.05, 0) is 37.1 Å². The summed E-state index contributed by atoms with van der Waals surface area (Å²) in [6.07, 6.45) is 1.45. The Morgan fingerprint density at radius 3 is 3.11 bits per heavy atom. The molecule has 0 spiro atoms. The second-order valence-electron chi connectivity index (χ2n) is 4.87. The molecule has 1 aliphatic heterocycles. The smallest absolute Gasteiger partial charge is 0.168 e. The number of ketones is 1. The fraction of sp³-hybridized carbons (Fsp3) is 0.333. The van der Waals surface area contributed by atoms with Crippen LogP contribution in [0.5, 0.6) is 0 Å². The van der Waals surface area contributed by atoms with Gasteiger partial charge in [0.2, 0.25) is 0 Å². The highest BCUT2D eigenvalue weighted by Gasteiger charge is 2.13. The van der Waals surface area contributed by atoms with Crippen LogP contribution in [-0.4, -0.2) is 17.3 Å². The van der Waals surface area contributed by atoms with Crippen molar-refractivity contribution < 1.29 is 4.79 Å². The highest BCUT2D eigenvalue weighted by Crippen LogP contribution is 2.18. The number of Topliss-reactive ketones (excluding diaryl/α,β-unsaturated/α-hetero) is 1. The monoisotopic (exact) mass is 272 g/mol. The molecule has 0 bridgehead atoms. The van der Waals surface area contributed by atoms with Crippen molar-refractivity contribution in [1.29, 1.82) is 0 Å². The summed E-state index contributed by atoms with van der Waals surface area (Å²) in [5.74, 6) is 0.152. The molecule has 0 unspecified atom stereocenters. The van der Waals surface area contributed by atoms with Gasteiger partial charge >= 0.3 is 0 Å². The van der Waals surface area contributed by atoms with Crippen LogP contribution in [0.25, 0.3) is 0 Å². The summed E-state index contributed by atoms with van der Waals surface area (Å²) in [6.45, 7) is 3.86. The average Bonchev–Trinajstić information content (AvgIpc) is 2.83. The molecule has 0 atom stereocenters. The SMILES string of the molecule is Cc1nc(CC(=O)c2ccc3c(c2)CNCC3)cs1. The van der Waals surface area contributed by atoms with E-state index in [2.05, 4.69) is 16.4 Å². The first-order chi connectivity index (χ1) is 9.22. The average molecular weight is 272 g/mol. The van der Waals surface area contributed by atoms with Crippen LogP contribution >= 0.6 is 11.3 Å². The van der Waals surface area contributed by atoms with Gasteiger partial charge in [-0.1, -0.05) is 12.1 Å². The number of hydrogen-bond donors (Lipinski definition) is 1. The third-order valence-corrected chi connectivity index (χ3v) is 4.25. The maximum absolute atomic E-state index is 12.3. The van der Waals surface area contributed by atoms with Gasteiger partial charge in [-0.25, -0.2) is 4.98 Å². The van der Waals surface area contributed by atoms with Gasteiger partial charge in [0, 0.05) is 17.5 Å². The van der Waals surface area contributed by atoms with E-state index < -0.39 is 0 Å². The number of thiazole rings is 1. The molecule has 1 N–H and O–H groups in total. The molecule has 98 valence electrons. The van der Waals surface area contributed by atoms with Crippen LogP contribution in [0.4, 0.5) is 0 Å². The van der Waals surface area contributed by atoms with Gasteiger partial charge in [0.05, 0.1) is 17.1 Å². The lowest BCUT2D eigenvalue weighted by molar-refractivity contribution is 0.0992. The molecule has 0 radical (unpaired) electrons. The Balaban J connectivity index is 1.80. The van der Waals surface area contributed by atoms with E-state index in [4.69, 9.17) is 0 Å². The van der Waals surface area contributed by atoms with Crippen molar-refractivity contribution in [3.05, 3.63) is 51.0 Å². The Hall–Kier alpha value is -1.52. The first-order valence-corrected chi connectivity index (χ1v) is 7.37. The van der Waals surface area contributed by atoms with Crippen LogP contribution in [0.15, 0.2) is 23.6 Å². The summed E-state index contributed by atoms with van der Waals surface area (Å²) in [5.41, 5.74) is 4.29. The van der Waals surface area contributed by atoms with Gasteiger partial charge in [-0.2, -0.15) is 0 Å². The van der Waals surface area contributed by atoms with E-state index in [1.807, 2.05) is 24.4 Å². The molecule has 0 amide bonds. The number of nitrogens with zero attached hydrogens (tertiary/aromatic N) is 1. The molecule has 3 nitrogen and oxygen atoms in total. The lowest BCUT2D eigenvalue weighted by Gasteiger charge is -2.17. The zero-order chi connectivity index (χ0) is 13.2. The lowest BCUT2D eigenvalue weighted by atomic mass is 9.96. The molecular weight excluding hydrogens is 256 g/mol. The fourth-order valence-corrected chi connectivity index (χ4v) is 3.02. The van der Waals surface area contributed by atoms with Gasteiger partial charge < -0.3 is 5.32 Å². The van der Waals surface area contributed by atoms with E-state index in [9.17, 15) is 4.79 Å². The molecule has 0 aliphatic carbocycles. The summed E-state index contributed by atoms with van der Waals surface area (Å²) in [6, 6.07) is 6.07. The molecule has 3 rings (SSSR count). The number of aromatic nitrogens is 1. The van der Waals surface area contributed by atoms with E-state index in [1.54, 1.807) is 11.3 Å². The molecule has 0 saturated carbocycles. The zero-order valence-corrected chi connectivity index (χ0v) is 11.7. The van der Waals surface area contributed by atoms with Crippen molar-refractivity contribution in [2.75, 3.05) is 6.54 Å². The van der Waals surface area contributed by atoms with Crippen molar-refractivity contribution in [2.45, 2.75) is 26.3 Å². The third-order valence-electron chi connectivity index (χ3n) is 3.42. The largest absolute Gasteiger partial charge is 0.312 e. The summed E-state index contributed by atoms with van der Waals surface area (Å²) in [4.78, 5) is 16.6. The summed E-state index contributed by atoms with van der Waals surface area (Å²) in [5, 5.41) is 6.32. The Labute approximate surface area is 116 Å². The molecule has 2 aromatic rings. The van der Waals surface area contributed by atoms with Crippen LogP contribution < -0.4 is 5.32 Å². The normalized spacial score (nSPS) is 14.2. The molecular formula is C15H16N2OS. The number of carbonyl (C=O) groups is 1. The highest BCUT2D eigenvalue weighted by atomic mass is 32.1. The number of fused-ring (bicyclic) bond motifs is 1. The lowest BCUT2D eigenvalue weighted by Crippen LogP contribution is -2.23. The summed E-state index contributed by atoms with van der Waals surface area (Å²) in [7, 11) is 0. The number of benzene rings is 1. The number of carbonyl (C=O) groups excluding carboxylic acids is 1. The van der Waals surface area contributed by atoms with Crippen LogP contribution in [0.2, 0.25) is 0 Å². The number of nitrogens with one attached hydrogen (secondary N) is 1.